The minimum Gasteiger partial charge on any atom is -0.368 e. The van der Waals surface area contributed by atoms with Crippen molar-refractivity contribution in [2.45, 2.75) is 24.8 Å². The number of carbonyl (C=O) groups is 2. The SMILES string of the molecule is Cc1ccc(C)c(N2CCN(C(=O)C3CN(S(=O)(=O)c4c(Cl)cccc4Cl)C(=O)N3c3ccccc3)CC2)c1. The van der Waals surface area contributed by atoms with Crippen LogP contribution in [0.2, 0.25) is 10.0 Å². The Labute approximate surface area is 238 Å². The molecule has 2 fully saturated rings. The van der Waals surface area contributed by atoms with Crippen LogP contribution in [0.1, 0.15) is 11.1 Å². The molecule has 8 nitrogen and oxygen atoms in total. The van der Waals surface area contributed by atoms with E-state index in [0.717, 1.165) is 16.8 Å². The molecule has 5 rings (SSSR count). The van der Waals surface area contributed by atoms with Gasteiger partial charge in [-0.3, -0.25) is 9.69 Å². The summed E-state index contributed by atoms with van der Waals surface area (Å²) in [7, 11) is -4.44. The monoisotopic (exact) mass is 586 g/mol. The average molecular weight is 588 g/mol. The average Bonchev–Trinajstić information content (AvgIpc) is 3.28. The van der Waals surface area contributed by atoms with Crippen molar-refractivity contribution in [2.24, 2.45) is 0 Å². The van der Waals surface area contributed by atoms with E-state index < -0.39 is 22.1 Å². The maximum absolute atomic E-state index is 13.9. The normalized spacial score (nSPS) is 18.2. The van der Waals surface area contributed by atoms with Crippen molar-refractivity contribution in [3.05, 3.63) is 87.9 Å². The highest BCUT2D eigenvalue weighted by Gasteiger charge is 2.49. The summed E-state index contributed by atoms with van der Waals surface area (Å²) in [5.74, 6) is -0.309. The molecule has 2 aliphatic heterocycles. The number of rotatable bonds is 5. The molecule has 1 atom stereocenters. The van der Waals surface area contributed by atoms with Crippen molar-refractivity contribution in [3.8, 4) is 0 Å². The molecule has 3 aromatic rings. The van der Waals surface area contributed by atoms with Gasteiger partial charge in [-0.15, -0.1) is 0 Å². The first-order valence-electron chi connectivity index (χ1n) is 12.6. The van der Waals surface area contributed by atoms with Crippen molar-refractivity contribution < 1.29 is 18.0 Å². The standard InChI is InChI=1S/C28H28Cl2N4O4S/c1-19-11-12-20(2)24(17-19)31-13-15-32(16-14-31)27(35)25-18-33(28(36)34(25)21-7-4-3-5-8-21)39(37,38)26-22(29)9-6-10-23(26)30/h3-12,17,25H,13-16,18H2,1-2H3. The number of para-hydroxylation sites is 1. The minimum absolute atomic E-state index is 0.0982. The van der Waals surface area contributed by atoms with Gasteiger partial charge in [0.25, 0.3) is 10.0 Å². The highest BCUT2D eigenvalue weighted by atomic mass is 35.5. The number of hydrogen-bond acceptors (Lipinski definition) is 5. The summed E-state index contributed by atoms with van der Waals surface area (Å²) in [6.07, 6.45) is 0. The van der Waals surface area contributed by atoms with Crippen LogP contribution in [-0.2, 0) is 14.8 Å². The summed E-state index contributed by atoms with van der Waals surface area (Å²) in [5, 5.41) is -0.196. The van der Waals surface area contributed by atoms with E-state index in [1.165, 1.54) is 23.1 Å². The molecule has 2 aliphatic rings. The molecule has 0 bridgehead atoms. The second-order valence-electron chi connectivity index (χ2n) is 9.69. The van der Waals surface area contributed by atoms with Crippen molar-refractivity contribution in [1.29, 1.82) is 0 Å². The summed E-state index contributed by atoms with van der Waals surface area (Å²) in [6.45, 7) is 5.90. The van der Waals surface area contributed by atoms with Crippen LogP contribution >= 0.6 is 23.2 Å². The van der Waals surface area contributed by atoms with Crippen molar-refractivity contribution in [3.63, 3.8) is 0 Å². The molecule has 3 aromatic carbocycles. The predicted molar refractivity (Wildman–Crippen MR) is 153 cm³/mol. The molecule has 2 heterocycles. The maximum atomic E-state index is 13.9. The molecule has 204 valence electrons. The number of carbonyl (C=O) groups excluding carboxylic acids is 2. The smallest absolute Gasteiger partial charge is 0.339 e. The van der Waals surface area contributed by atoms with Gasteiger partial charge in [0.1, 0.15) is 10.9 Å². The van der Waals surface area contributed by atoms with Gasteiger partial charge < -0.3 is 9.80 Å². The lowest BCUT2D eigenvalue weighted by atomic mass is 10.1. The summed E-state index contributed by atoms with van der Waals surface area (Å²) in [5.41, 5.74) is 3.89. The van der Waals surface area contributed by atoms with Crippen LogP contribution in [-0.4, -0.2) is 68.3 Å². The Hall–Kier alpha value is -3.27. The largest absolute Gasteiger partial charge is 0.368 e. The van der Waals surface area contributed by atoms with Crippen LogP contribution in [0.4, 0.5) is 16.2 Å². The number of anilines is 2. The second-order valence-corrected chi connectivity index (χ2v) is 12.3. The fourth-order valence-electron chi connectivity index (χ4n) is 5.12. The zero-order valence-corrected chi connectivity index (χ0v) is 23.9. The van der Waals surface area contributed by atoms with Crippen LogP contribution in [0.3, 0.4) is 0 Å². The molecule has 0 saturated carbocycles. The minimum atomic E-state index is -4.44. The number of hydrogen-bond donors (Lipinski definition) is 0. The van der Waals surface area contributed by atoms with E-state index in [0.29, 0.717) is 36.2 Å². The Kier molecular flexibility index (Phi) is 7.50. The molecular weight excluding hydrogens is 559 g/mol. The van der Waals surface area contributed by atoms with Gasteiger partial charge >= 0.3 is 6.03 Å². The number of piperazine rings is 1. The topological polar surface area (TPSA) is 81.2 Å². The first kappa shape index (κ1) is 27.3. The van der Waals surface area contributed by atoms with Crippen molar-refractivity contribution >= 4 is 56.5 Å². The van der Waals surface area contributed by atoms with Crippen LogP contribution < -0.4 is 9.80 Å². The van der Waals surface area contributed by atoms with Gasteiger partial charge in [0.2, 0.25) is 5.91 Å². The van der Waals surface area contributed by atoms with Gasteiger partial charge in [-0.25, -0.2) is 17.5 Å². The molecule has 0 aliphatic carbocycles. The van der Waals surface area contributed by atoms with Crippen LogP contribution in [0, 0.1) is 13.8 Å². The number of nitrogens with zero attached hydrogens (tertiary/aromatic N) is 4. The van der Waals surface area contributed by atoms with E-state index in [1.807, 2.05) is 6.92 Å². The molecule has 39 heavy (non-hydrogen) atoms. The molecule has 1 unspecified atom stereocenters. The quantitative estimate of drug-likeness (QED) is 0.422. The van der Waals surface area contributed by atoms with Gasteiger partial charge in [0.15, 0.2) is 0 Å². The fraction of sp³-hybridized carbons (Fsp3) is 0.286. The van der Waals surface area contributed by atoms with Crippen LogP contribution in [0.15, 0.2) is 71.6 Å². The Bertz CT molecular complexity index is 1510. The maximum Gasteiger partial charge on any atom is 0.339 e. The van der Waals surface area contributed by atoms with E-state index in [-0.39, 0.29) is 27.4 Å². The van der Waals surface area contributed by atoms with E-state index in [2.05, 4.69) is 30.0 Å². The fourth-order valence-corrected chi connectivity index (χ4v) is 7.58. The third-order valence-corrected chi connectivity index (χ3v) is 9.85. The van der Waals surface area contributed by atoms with Gasteiger partial charge in [0.05, 0.1) is 16.6 Å². The van der Waals surface area contributed by atoms with Gasteiger partial charge in [-0.05, 0) is 55.3 Å². The third-order valence-electron chi connectivity index (χ3n) is 7.15. The molecule has 0 radical (unpaired) electrons. The molecule has 3 amide bonds. The summed E-state index contributed by atoms with van der Waals surface area (Å²) in [6, 6.07) is 17.3. The number of halogens is 2. The van der Waals surface area contributed by atoms with Gasteiger partial charge in [0, 0.05) is 37.6 Å². The highest BCUT2D eigenvalue weighted by Crippen LogP contribution is 2.36. The summed E-state index contributed by atoms with van der Waals surface area (Å²) < 4.78 is 28.0. The third kappa shape index (κ3) is 5.06. The lowest BCUT2D eigenvalue weighted by molar-refractivity contribution is -0.132. The van der Waals surface area contributed by atoms with E-state index in [4.69, 9.17) is 23.2 Å². The number of amides is 3. The lowest BCUT2D eigenvalue weighted by Crippen LogP contribution is -2.55. The zero-order chi connectivity index (χ0) is 27.9. The van der Waals surface area contributed by atoms with Crippen LogP contribution in [0.5, 0.6) is 0 Å². The lowest BCUT2D eigenvalue weighted by Gasteiger charge is -2.38. The Balaban J connectivity index is 1.43. The first-order chi connectivity index (χ1) is 18.6. The number of sulfonamides is 1. The Morgan fingerprint density at radius 1 is 0.872 bits per heavy atom. The van der Waals surface area contributed by atoms with Crippen molar-refractivity contribution in [1.82, 2.24) is 9.21 Å². The van der Waals surface area contributed by atoms with E-state index in [9.17, 15) is 18.0 Å². The molecule has 0 aromatic heterocycles. The van der Waals surface area contributed by atoms with Gasteiger partial charge in [-0.2, -0.15) is 0 Å². The summed E-state index contributed by atoms with van der Waals surface area (Å²) >= 11 is 12.4. The first-order valence-corrected chi connectivity index (χ1v) is 14.7. The van der Waals surface area contributed by atoms with E-state index >= 15 is 0 Å². The molecule has 0 N–H and O–H groups in total. The highest BCUT2D eigenvalue weighted by molar-refractivity contribution is 7.90. The molecule has 2 saturated heterocycles. The van der Waals surface area contributed by atoms with E-state index in [1.54, 1.807) is 35.2 Å². The molecule has 0 spiro atoms. The molecule has 11 heteroatoms. The van der Waals surface area contributed by atoms with Crippen molar-refractivity contribution in [2.75, 3.05) is 42.5 Å². The van der Waals surface area contributed by atoms with Gasteiger partial charge in [-0.1, -0.05) is 59.6 Å². The number of urea groups is 1. The second kappa shape index (κ2) is 10.7. The Morgan fingerprint density at radius 3 is 2.15 bits per heavy atom. The Morgan fingerprint density at radius 2 is 1.51 bits per heavy atom. The number of aryl methyl sites for hydroxylation is 2. The molecular formula is C28H28Cl2N4O4S. The number of benzene rings is 3. The predicted octanol–water partition coefficient (Wildman–Crippen LogP) is 4.96. The summed E-state index contributed by atoms with van der Waals surface area (Å²) in [4.78, 5) is 32.4. The van der Waals surface area contributed by atoms with Crippen LogP contribution in [0.25, 0.3) is 0 Å². The zero-order valence-electron chi connectivity index (χ0n) is 21.5.